The van der Waals surface area contributed by atoms with Crippen LogP contribution in [0.25, 0.3) is 0 Å². The van der Waals surface area contributed by atoms with Gasteiger partial charge in [-0.15, -0.1) is 11.3 Å². The van der Waals surface area contributed by atoms with Crippen LogP contribution < -0.4 is 5.32 Å². The third-order valence-corrected chi connectivity index (χ3v) is 3.55. The van der Waals surface area contributed by atoms with Crippen LogP contribution >= 0.6 is 11.3 Å². The van der Waals surface area contributed by atoms with E-state index in [0.717, 1.165) is 23.7 Å². The van der Waals surface area contributed by atoms with Gasteiger partial charge in [-0.3, -0.25) is 0 Å². The van der Waals surface area contributed by atoms with E-state index in [4.69, 9.17) is 4.74 Å². The van der Waals surface area contributed by atoms with Gasteiger partial charge in [-0.05, 0) is 26.8 Å². The van der Waals surface area contributed by atoms with Crippen LogP contribution in [0.3, 0.4) is 0 Å². The quantitative estimate of drug-likeness (QED) is 0.813. The summed E-state index contributed by atoms with van der Waals surface area (Å²) in [5.41, 5.74) is 1.13. The number of rotatable bonds is 6. The summed E-state index contributed by atoms with van der Waals surface area (Å²) in [4.78, 5) is 5.81. The van der Waals surface area contributed by atoms with E-state index in [2.05, 4.69) is 31.1 Å². The van der Waals surface area contributed by atoms with Crippen LogP contribution in [-0.2, 0) is 11.3 Å². The van der Waals surface area contributed by atoms with E-state index < -0.39 is 0 Å². The fourth-order valence-electron chi connectivity index (χ4n) is 1.51. The van der Waals surface area contributed by atoms with Gasteiger partial charge in [0.15, 0.2) is 0 Å². The molecule has 0 radical (unpaired) electrons. The summed E-state index contributed by atoms with van der Waals surface area (Å²) in [6.07, 6.45) is 1.16. The summed E-state index contributed by atoms with van der Waals surface area (Å²) in [6, 6.07) is 0.396. The predicted octanol–water partition coefficient (Wildman–Crippen LogP) is 2.66. The molecule has 1 N–H and O–H groups in total. The van der Waals surface area contributed by atoms with E-state index in [1.165, 1.54) is 4.88 Å². The van der Waals surface area contributed by atoms with Crippen molar-refractivity contribution in [3.63, 3.8) is 0 Å². The van der Waals surface area contributed by atoms with Crippen molar-refractivity contribution in [2.24, 2.45) is 0 Å². The molecule has 0 aliphatic rings. The van der Waals surface area contributed by atoms with Crippen LogP contribution in [0.1, 0.15) is 41.9 Å². The first-order chi connectivity index (χ1) is 7.19. The summed E-state index contributed by atoms with van der Waals surface area (Å²) >= 11 is 1.74. The smallest absolute Gasteiger partial charge is 0.119 e. The van der Waals surface area contributed by atoms with Crippen LogP contribution in [0.15, 0.2) is 0 Å². The molecule has 0 fully saturated rings. The molecule has 1 atom stereocenters. The van der Waals surface area contributed by atoms with Crippen LogP contribution in [0.4, 0.5) is 0 Å². The Kier molecular flexibility index (Phi) is 5.22. The topological polar surface area (TPSA) is 34.1 Å². The number of aromatic nitrogens is 1. The molecule has 4 heteroatoms. The van der Waals surface area contributed by atoms with Crippen molar-refractivity contribution in [3.05, 3.63) is 15.6 Å². The molecular weight excluding hydrogens is 208 g/mol. The Labute approximate surface area is 95.9 Å². The maximum atomic E-state index is 5.08. The second kappa shape index (κ2) is 6.20. The van der Waals surface area contributed by atoms with Crippen LogP contribution in [0.2, 0.25) is 0 Å². The Bertz CT molecular complexity index is 299. The van der Waals surface area contributed by atoms with Crippen molar-refractivity contribution >= 4 is 11.3 Å². The second-order valence-electron chi connectivity index (χ2n) is 3.67. The largest absolute Gasteiger partial charge is 0.378 e. The molecule has 0 aliphatic heterocycles. The highest BCUT2D eigenvalue weighted by Crippen LogP contribution is 2.25. The lowest BCUT2D eigenvalue weighted by Crippen LogP contribution is -2.18. The second-order valence-corrected chi connectivity index (χ2v) is 4.78. The van der Waals surface area contributed by atoms with Gasteiger partial charge in [-0.2, -0.15) is 0 Å². The molecule has 0 aromatic carbocycles. The molecule has 1 aromatic rings. The van der Waals surface area contributed by atoms with E-state index in [-0.39, 0.29) is 0 Å². The molecule has 1 heterocycles. The minimum absolute atomic E-state index is 0.396. The van der Waals surface area contributed by atoms with Gasteiger partial charge in [-0.1, -0.05) is 6.92 Å². The average molecular weight is 228 g/mol. The minimum atomic E-state index is 0.396. The monoisotopic (exact) mass is 228 g/mol. The summed E-state index contributed by atoms with van der Waals surface area (Å²) in [5.74, 6) is 0. The van der Waals surface area contributed by atoms with Gasteiger partial charge in [0, 0.05) is 18.0 Å². The zero-order valence-electron chi connectivity index (χ0n) is 9.96. The summed E-state index contributed by atoms with van der Waals surface area (Å²) < 4.78 is 5.08. The lowest BCUT2D eigenvalue weighted by molar-refractivity contribution is 0.184. The molecule has 0 aliphatic carbocycles. The Morgan fingerprint density at radius 2 is 2.27 bits per heavy atom. The maximum Gasteiger partial charge on any atom is 0.119 e. The number of thiazole rings is 1. The molecule has 0 bridgehead atoms. The maximum absolute atomic E-state index is 5.08. The fraction of sp³-hybridized carbons (Fsp3) is 0.727. The molecule has 0 spiro atoms. The molecule has 1 rings (SSSR count). The highest BCUT2D eigenvalue weighted by atomic mass is 32.1. The number of nitrogens with zero attached hydrogens (tertiary/aromatic N) is 1. The van der Waals surface area contributed by atoms with Gasteiger partial charge in [0.1, 0.15) is 5.01 Å². The van der Waals surface area contributed by atoms with E-state index in [1.807, 2.05) is 0 Å². The molecule has 0 saturated heterocycles. The standard InChI is InChI=1S/C11H20N2OS/c1-5-6-12-8(2)11-9(3)13-10(15-11)7-14-4/h8,12H,5-7H2,1-4H3. The predicted molar refractivity (Wildman–Crippen MR) is 64.3 cm³/mol. The van der Waals surface area contributed by atoms with Crippen molar-refractivity contribution in [2.75, 3.05) is 13.7 Å². The first kappa shape index (κ1) is 12.6. The lowest BCUT2D eigenvalue weighted by atomic mass is 10.2. The van der Waals surface area contributed by atoms with Crippen LogP contribution in [-0.4, -0.2) is 18.6 Å². The molecule has 0 amide bonds. The average Bonchev–Trinajstić information content (AvgIpc) is 2.57. The van der Waals surface area contributed by atoms with E-state index in [1.54, 1.807) is 18.4 Å². The number of hydrogen-bond donors (Lipinski definition) is 1. The number of ether oxygens (including phenoxy) is 1. The van der Waals surface area contributed by atoms with E-state index >= 15 is 0 Å². The van der Waals surface area contributed by atoms with Crippen molar-refractivity contribution in [3.8, 4) is 0 Å². The third-order valence-electron chi connectivity index (χ3n) is 2.24. The van der Waals surface area contributed by atoms with Crippen molar-refractivity contribution in [2.45, 2.75) is 39.8 Å². The zero-order chi connectivity index (χ0) is 11.3. The molecule has 1 unspecified atom stereocenters. The molecule has 0 saturated carbocycles. The molecule has 86 valence electrons. The molecular formula is C11H20N2OS. The van der Waals surface area contributed by atoms with Crippen molar-refractivity contribution in [1.29, 1.82) is 0 Å². The Balaban J connectivity index is 2.66. The Morgan fingerprint density at radius 3 is 2.87 bits per heavy atom. The van der Waals surface area contributed by atoms with Crippen molar-refractivity contribution < 1.29 is 4.74 Å². The molecule has 1 aromatic heterocycles. The normalized spacial score (nSPS) is 13.1. The summed E-state index contributed by atoms with van der Waals surface area (Å²) in [6.45, 7) is 8.10. The lowest BCUT2D eigenvalue weighted by Gasteiger charge is -2.11. The van der Waals surface area contributed by atoms with Gasteiger partial charge in [0.2, 0.25) is 0 Å². The number of aryl methyl sites for hydroxylation is 1. The number of nitrogens with one attached hydrogen (secondary N) is 1. The minimum Gasteiger partial charge on any atom is -0.378 e. The summed E-state index contributed by atoms with van der Waals surface area (Å²) in [7, 11) is 1.70. The Morgan fingerprint density at radius 1 is 1.53 bits per heavy atom. The highest BCUT2D eigenvalue weighted by Gasteiger charge is 2.13. The number of methoxy groups -OCH3 is 1. The van der Waals surface area contributed by atoms with Gasteiger partial charge >= 0.3 is 0 Å². The Hall–Kier alpha value is -0.450. The first-order valence-electron chi connectivity index (χ1n) is 5.37. The van der Waals surface area contributed by atoms with Crippen LogP contribution in [0.5, 0.6) is 0 Å². The van der Waals surface area contributed by atoms with E-state index in [0.29, 0.717) is 12.6 Å². The van der Waals surface area contributed by atoms with Crippen LogP contribution in [0, 0.1) is 6.92 Å². The van der Waals surface area contributed by atoms with Gasteiger partial charge < -0.3 is 10.1 Å². The van der Waals surface area contributed by atoms with Gasteiger partial charge in [0.05, 0.1) is 12.3 Å². The SMILES string of the molecule is CCCNC(C)c1sc(COC)nc1C. The van der Waals surface area contributed by atoms with Crippen molar-refractivity contribution in [1.82, 2.24) is 10.3 Å². The molecule has 3 nitrogen and oxygen atoms in total. The highest BCUT2D eigenvalue weighted by molar-refractivity contribution is 7.11. The van der Waals surface area contributed by atoms with Gasteiger partial charge in [-0.25, -0.2) is 4.98 Å². The number of hydrogen-bond acceptors (Lipinski definition) is 4. The fourth-order valence-corrected chi connectivity index (χ4v) is 2.57. The zero-order valence-corrected chi connectivity index (χ0v) is 10.8. The van der Waals surface area contributed by atoms with E-state index in [9.17, 15) is 0 Å². The first-order valence-corrected chi connectivity index (χ1v) is 6.19. The molecule has 15 heavy (non-hydrogen) atoms. The third kappa shape index (κ3) is 3.55. The summed E-state index contributed by atoms with van der Waals surface area (Å²) in [5, 5.41) is 4.54. The van der Waals surface area contributed by atoms with Gasteiger partial charge in [0.25, 0.3) is 0 Å².